The Hall–Kier alpha value is -4.47. The van der Waals surface area contributed by atoms with Gasteiger partial charge in [-0.2, -0.15) is 13.2 Å². The summed E-state index contributed by atoms with van der Waals surface area (Å²) in [6.07, 6.45) is -3.21. The van der Waals surface area contributed by atoms with Crippen LogP contribution in [0, 0.1) is 29.1 Å². The topological polar surface area (TPSA) is 26.3 Å². The van der Waals surface area contributed by atoms with Crippen LogP contribution in [-0.4, -0.2) is 12.1 Å². The van der Waals surface area contributed by atoms with Crippen molar-refractivity contribution in [2.45, 2.75) is 25.9 Å². The van der Waals surface area contributed by atoms with Crippen molar-refractivity contribution in [1.82, 2.24) is 0 Å². The van der Waals surface area contributed by atoms with Crippen LogP contribution < -0.4 is 4.74 Å². The van der Waals surface area contributed by atoms with E-state index in [4.69, 9.17) is 4.74 Å². The molecule has 0 aliphatic rings. The third-order valence-electron chi connectivity index (χ3n) is 6.05. The van der Waals surface area contributed by atoms with Gasteiger partial charge in [-0.15, -0.1) is 0 Å². The van der Waals surface area contributed by atoms with Crippen molar-refractivity contribution in [3.8, 4) is 28.0 Å². The average Bonchev–Trinajstić information content (AvgIpc) is 2.87. The van der Waals surface area contributed by atoms with Gasteiger partial charge in [-0.1, -0.05) is 43.7 Å². The Morgan fingerprint density at radius 2 is 1.29 bits per heavy atom. The first-order valence-corrected chi connectivity index (χ1v) is 12.2. The van der Waals surface area contributed by atoms with E-state index in [1.54, 1.807) is 0 Å². The van der Waals surface area contributed by atoms with E-state index < -0.39 is 69.2 Å². The lowest BCUT2D eigenvalue weighted by atomic mass is 10.0. The Morgan fingerprint density at radius 3 is 1.83 bits per heavy atom. The molecular weight excluding hydrogens is 556 g/mol. The summed E-state index contributed by atoms with van der Waals surface area (Å²) in [5, 5.41) is 0. The fourth-order valence-electron chi connectivity index (χ4n) is 4.13. The Bertz CT molecular complexity index is 1580. The number of rotatable bonds is 7. The van der Waals surface area contributed by atoms with E-state index in [0.29, 0.717) is 35.4 Å². The Balaban J connectivity index is 1.55. The minimum atomic E-state index is -4.84. The van der Waals surface area contributed by atoms with Crippen LogP contribution >= 0.6 is 0 Å². The summed E-state index contributed by atoms with van der Waals surface area (Å²) >= 11 is 0. The summed E-state index contributed by atoms with van der Waals surface area (Å²) in [7, 11) is 0. The summed E-state index contributed by atoms with van der Waals surface area (Å²) in [5.41, 5.74) is -0.820. The molecule has 0 saturated heterocycles. The molecule has 10 heteroatoms. The van der Waals surface area contributed by atoms with E-state index in [1.807, 2.05) is 31.2 Å². The quantitative estimate of drug-likeness (QED) is 0.124. The number of hydrogen-bond donors (Lipinski definition) is 0. The maximum atomic E-state index is 14.8. The number of allylic oxidation sites excluding steroid dienone is 1. The largest absolute Gasteiger partial charge is 0.423 e. The van der Waals surface area contributed by atoms with Crippen LogP contribution in [-0.2, 0) is 6.42 Å². The van der Waals surface area contributed by atoms with Gasteiger partial charge in [0.25, 0.3) is 0 Å². The number of alkyl halides is 3. The monoisotopic (exact) mass is 576 g/mol. The van der Waals surface area contributed by atoms with Crippen LogP contribution in [0.3, 0.4) is 0 Å². The zero-order valence-corrected chi connectivity index (χ0v) is 21.3. The number of hydrogen-bond acceptors (Lipinski definition) is 2. The van der Waals surface area contributed by atoms with Gasteiger partial charge in [0.05, 0.1) is 11.1 Å². The first kappa shape index (κ1) is 29.5. The standard InChI is InChI=1S/C31H20F8O2/c1-2-3-17-4-6-18(7-5-17)19-8-9-23(26(34)12-19)30(40)41-21-15-27(35)29(28(36)16-21)20-13-24(32)22(25(33)14-20)10-11-31(37,38)39/h4-16H,2-3H2,1H3. The van der Waals surface area contributed by atoms with Crippen molar-refractivity contribution in [1.29, 1.82) is 0 Å². The van der Waals surface area contributed by atoms with Crippen LogP contribution in [0.2, 0.25) is 0 Å². The molecule has 0 aliphatic heterocycles. The number of carbonyl (C=O) groups excluding carboxylic acids is 1. The second kappa shape index (κ2) is 12.0. The van der Waals surface area contributed by atoms with Gasteiger partial charge in [0, 0.05) is 23.8 Å². The maximum absolute atomic E-state index is 14.8. The first-order valence-electron chi connectivity index (χ1n) is 12.2. The lowest BCUT2D eigenvalue weighted by molar-refractivity contribution is -0.0790. The molecule has 0 amide bonds. The molecule has 0 bridgehead atoms. The number of halogens is 8. The predicted molar refractivity (Wildman–Crippen MR) is 138 cm³/mol. The summed E-state index contributed by atoms with van der Waals surface area (Å²) in [6, 6.07) is 13.2. The van der Waals surface area contributed by atoms with E-state index in [9.17, 15) is 39.9 Å². The maximum Gasteiger partial charge on any atom is 0.409 e. The number of ether oxygens (including phenoxy) is 1. The highest BCUT2D eigenvalue weighted by Gasteiger charge is 2.24. The van der Waals surface area contributed by atoms with Crippen molar-refractivity contribution < 1.29 is 44.7 Å². The molecular formula is C31H20F8O2. The van der Waals surface area contributed by atoms with Crippen LogP contribution in [0.5, 0.6) is 5.75 Å². The molecule has 0 N–H and O–H groups in total. The molecule has 0 aliphatic carbocycles. The van der Waals surface area contributed by atoms with Gasteiger partial charge in [-0.3, -0.25) is 0 Å². The van der Waals surface area contributed by atoms with Crippen LogP contribution in [0.1, 0.15) is 34.8 Å². The van der Waals surface area contributed by atoms with Gasteiger partial charge in [-0.25, -0.2) is 26.7 Å². The van der Waals surface area contributed by atoms with Crippen LogP contribution in [0.15, 0.2) is 72.8 Å². The lowest BCUT2D eigenvalue weighted by Crippen LogP contribution is -2.11. The molecule has 41 heavy (non-hydrogen) atoms. The Labute approximate surface area is 229 Å². The molecule has 2 nitrogen and oxygen atoms in total. The zero-order chi connectivity index (χ0) is 29.9. The molecule has 212 valence electrons. The molecule has 0 aromatic heterocycles. The molecule has 0 heterocycles. The smallest absolute Gasteiger partial charge is 0.409 e. The van der Waals surface area contributed by atoms with Crippen LogP contribution in [0.25, 0.3) is 28.3 Å². The second-order valence-corrected chi connectivity index (χ2v) is 9.02. The SMILES string of the molecule is CCCc1ccc(-c2ccc(C(=O)Oc3cc(F)c(-c4cc(F)c(C=CC(F)(F)F)c(F)c4)c(F)c3)c(F)c2)cc1. The van der Waals surface area contributed by atoms with Gasteiger partial charge < -0.3 is 4.74 Å². The molecule has 0 saturated carbocycles. The van der Waals surface area contributed by atoms with E-state index in [2.05, 4.69) is 0 Å². The normalized spacial score (nSPS) is 11.7. The predicted octanol–water partition coefficient (Wildman–Crippen LogP) is 9.46. The van der Waals surface area contributed by atoms with E-state index in [1.165, 1.54) is 6.07 Å². The third-order valence-corrected chi connectivity index (χ3v) is 6.05. The van der Waals surface area contributed by atoms with Gasteiger partial charge in [0.2, 0.25) is 0 Å². The van der Waals surface area contributed by atoms with Gasteiger partial charge in [-0.05, 0) is 59.0 Å². The van der Waals surface area contributed by atoms with E-state index in [0.717, 1.165) is 30.5 Å². The fraction of sp³-hybridized carbons (Fsp3) is 0.129. The fourth-order valence-corrected chi connectivity index (χ4v) is 4.13. The highest BCUT2D eigenvalue weighted by Crippen LogP contribution is 2.33. The van der Waals surface area contributed by atoms with E-state index >= 15 is 0 Å². The minimum absolute atomic E-state index is 0.151. The minimum Gasteiger partial charge on any atom is -0.423 e. The summed E-state index contributed by atoms with van der Waals surface area (Å²) in [6.45, 7) is 2.05. The molecule has 4 rings (SSSR count). The lowest BCUT2D eigenvalue weighted by Gasteiger charge is -2.11. The Kier molecular flexibility index (Phi) is 8.60. The van der Waals surface area contributed by atoms with Gasteiger partial charge >= 0.3 is 12.1 Å². The molecule has 4 aromatic carbocycles. The van der Waals surface area contributed by atoms with E-state index in [-0.39, 0.29) is 12.2 Å². The van der Waals surface area contributed by atoms with Crippen molar-refractivity contribution in [2.24, 2.45) is 0 Å². The molecule has 0 fully saturated rings. The second-order valence-electron chi connectivity index (χ2n) is 9.02. The number of benzene rings is 4. The Morgan fingerprint density at radius 1 is 0.732 bits per heavy atom. The molecule has 0 unspecified atom stereocenters. The molecule has 0 spiro atoms. The molecule has 4 aromatic rings. The third kappa shape index (κ3) is 7.00. The van der Waals surface area contributed by atoms with Gasteiger partial charge in [0.1, 0.15) is 34.8 Å². The van der Waals surface area contributed by atoms with Crippen molar-refractivity contribution in [3.63, 3.8) is 0 Å². The highest BCUT2D eigenvalue weighted by atomic mass is 19.4. The number of esters is 1. The summed E-state index contributed by atoms with van der Waals surface area (Å²) in [5.74, 6) is -8.63. The van der Waals surface area contributed by atoms with Crippen molar-refractivity contribution in [3.05, 3.63) is 119 Å². The molecule has 0 radical (unpaired) electrons. The zero-order valence-electron chi connectivity index (χ0n) is 21.3. The van der Waals surface area contributed by atoms with Crippen molar-refractivity contribution >= 4 is 12.0 Å². The van der Waals surface area contributed by atoms with Crippen LogP contribution in [0.4, 0.5) is 35.1 Å². The number of carbonyl (C=O) groups is 1. The van der Waals surface area contributed by atoms with Gasteiger partial charge in [0.15, 0.2) is 0 Å². The molecule has 0 atom stereocenters. The number of aryl methyl sites for hydroxylation is 1. The highest BCUT2D eigenvalue weighted by molar-refractivity contribution is 5.92. The van der Waals surface area contributed by atoms with Crippen molar-refractivity contribution in [2.75, 3.05) is 0 Å². The summed E-state index contributed by atoms with van der Waals surface area (Å²) < 4.78 is 115. The average molecular weight is 576 g/mol. The summed E-state index contributed by atoms with van der Waals surface area (Å²) in [4.78, 5) is 12.5. The first-order chi connectivity index (χ1) is 19.4.